The summed E-state index contributed by atoms with van der Waals surface area (Å²) in [5.41, 5.74) is 3.09. The summed E-state index contributed by atoms with van der Waals surface area (Å²) in [6.45, 7) is 3.93. The second-order valence-electron chi connectivity index (χ2n) is 5.01. The van der Waals surface area contributed by atoms with Crippen LogP contribution in [0.4, 0.5) is 0 Å². The van der Waals surface area contributed by atoms with Gasteiger partial charge in [-0.2, -0.15) is 0 Å². The van der Waals surface area contributed by atoms with Crippen LogP contribution in [0.1, 0.15) is 31.2 Å². The molecule has 0 saturated carbocycles. The Bertz CT molecular complexity index is 588. The molecule has 0 bridgehead atoms. The lowest BCUT2D eigenvalue weighted by atomic mass is 10.2. The summed E-state index contributed by atoms with van der Waals surface area (Å²) in [6.07, 6.45) is 1.67. The van der Waals surface area contributed by atoms with Gasteiger partial charge in [-0.15, -0.1) is 0 Å². The van der Waals surface area contributed by atoms with Crippen molar-refractivity contribution in [3.05, 3.63) is 29.6 Å². The maximum atomic E-state index is 11.8. The van der Waals surface area contributed by atoms with Gasteiger partial charge in [0.15, 0.2) is 0 Å². The van der Waals surface area contributed by atoms with Crippen LogP contribution in [0, 0.1) is 6.92 Å². The summed E-state index contributed by atoms with van der Waals surface area (Å²) in [4.78, 5) is 19.5. The minimum Gasteiger partial charge on any atom is -0.394 e. The molecule has 5 heteroatoms. The topological polar surface area (TPSA) is 78.0 Å². The van der Waals surface area contributed by atoms with Crippen molar-refractivity contribution in [2.75, 3.05) is 6.61 Å². The maximum absolute atomic E-state index is 11.8. The third-order valence-electron chi connectivity index (χ3n) is 3.43. The molecule has 1 amide bonds. The molecule has 0 saturated heterocycles. The lowest BCUT2D eigenvalue weighted by Crippen LogP contribution is -2.37. The molecule has 0 aliphatic rings. The third kappa shape index (κ3) is 3.36. The van der Waals surface area contributed by atoms with E-state index < -0.39 is 0 Å². The Balaban J connectivity index is 1.96. The Morgan fingerprint density at radius 3 is 2.95 bits per heavy atom. The number of benzene rings is 1. The number of aliphatic hydroxyl groups is 1. The van der Waals surface area contributed by atoms with Crippen molar-refractivity contribution in [3.8, 4) is 0 Å². The van der Waals surface area contributed by atoms with E-state index in [1.54, 1.807) is 0 Å². The Morgan fingerprint density at radius 1 is 1.50 bits per heavy atom. The maximum Gasteiger partial charge on any atom is 0.220 e. The molecule has 0 radical (unpaired) electrons. The molecule has 1 heterocycles. The molecule has 0 spiro atoms. The van der Waals surface area contributed by atoms with E-state index in [1.807, 2.05) is 32.0 Å². The fourth-order valence-electron chi connectivity index (χ4n) is 2.15. The molecular formula is C15H21N3O2. The summed E-state index contributed by atoms with van der Waals surface area (Å²) < 4.78 is 0. The van der Waals surface area contributed by atoms with Crippen LogP contribution >= 0.6 is 0 Å². The van der Waals surface area contributed by atoms with Crippen molar-refractivity contribution >= 4 is 16.9 Å². The quantitative estimate of drug-likeness (QED) is 0.750. The van der Waals surface area contributed by atoms with Gasteiger partial charge in [-0.25, -0.2) is 4.98 Å². The minimum absolute atomic E-state index is 0.0218. The average Bonchev–Trinajstić information content (AvgIpc) is 2.87. The number of amides is 1. The van der Waals surface area contributed by atoms with E-state index in [2.05, 4.69) is 15.3 Å². The highest BCUT2D eigenvalue weighted by molar-refractivity contribution is 5.79. The average molecular weight is 275 g/mol. The molecule has 0 aliphatic heterocycles. The molecule has 2 aromatic rings. The summed E-state index contributed by atoms with van der Waals surface area (Å²) >= 11 is 0. The van der Waals surface area contributed by atoms with Crippen molar-refractivity contribution in [1.82, 2.24) is 15.3 Å². The Hall–Kier alpha value is -1.88. The summed E-state index contributed by atoms with van der Waals surface area (Å²) in [5, 5.41) is 11.9. The Kier molecular flexibility index (Phi) is 4.74. The highest BCUT2D eigenvalue weighted by Gasteiger charge is 2.11. The zero-order valence-corrected chi connectivity index (χ0v) is 11.9. The van der Waals surface area contributed by atoms with E-state index in [0.29, 0.717) is 12.8 Å². The lowest BCUT2D eigenvalue weighted by Gasteiger charge is -2.13. The van der Waals surface area contributed by atoms with Crippen molar-refractivity contribution in [1.29, 1.82) is 0 Å². The number of aromatic nitrogens is 2. The first-order chi connectivity index (χ1) is 9.63. The van der Waals surface area contributed by atoms with Gasteiger partial charge in [-0.3, -0.25) is 4.79 Å². The number of carbonyl (C=O) groups excluding carboxylic acids is 1. The SMILES string of the molecule is CCC(CO)NC(=O)CCc1nc2c(C)cccc2[nH]1. The van der Waals surface area contributed by atoms with Crippen LogP contribution in [-0.4, -0.2) is 33.6 Å². The number of rotatable bonds is 6. The van der Waals surface area contributed by atoms with E-state index in [9.17, 15) is 4.79 Å². The highest BCUT2D eigenvalue weighted by Crippen LogP contribution is 2.16. The van der Waals surface area contributed by atoms with Crippen molar-refractivity contribution < 1.29 is 9.90 Å². The summed E-state index contributed by atoms with van der Waals surface area (Å²) in [5.74, 6) is 0.768. The molecular weight excluding hydrogens is 254 g/mol. The minimum atomic E-state index is -0.152. The van der Waals surface area contributed by atoms with E-state index in [0.717, 1.165) is 28.8 Å². The predicted molar refractivity (Wildman–Crippen MR) is 78.5 cm³/mol. The molecule has 3 N–H and O–H groups in total. The number of fused-ring (bicyclic) bond motifs is 1. The molecule has 0 aliphatic carbocycles. The van der Waals surface area contributed by atoms with Gasteiger partial charge in [0.1, 0.15) is 5.82 Å². The molecule has 20 heavy (non-hydrogen) atoms. The number of nitrogens with zero attached hydrogens (tertiary/aromatic N) is 1. The summed E-state index contributed by atoms with van der Waals surface area (Å²) in [6, 6.07) is 5.84. The first-order valence-electron chi connectivity index (χ1n) is 6.98. The lowest BCUT2D eigenvalue weighted by molar-refractivity contribution is -0.122. The van der Waals surface area contributed by atoms with E-state index >= 15 is 0 Å². The predicted octanol–water partition coefficient (Wildman–Crippen LogP) is 1.69. The summed E-state index contributed by atoms with van der Waals surface area (Å²) in [7, 11) is 0. The number of H-pyrrole nitrogens is 1. The van der Waals surface area contributed by atoms with Gasteiger partial charge >= 0.3 is 0 Å². The van der Waals surface area contributed by atoms with Crippen molar-refractivity contribution in [2.24, 2.45) is 0 Å². The van der Waals surface area contributed by atoms with Gasteiger partial charge in [0.25, 0.3) is 0 Å². The monoisotopic (exact) mass is 275 g/mol. The second-order valence-corrected chi connectivity index (χ2v) is 5.01. The van der Waals surface area contributed by atoms with E-state index in [4.69, 9.17) is 5.11 Å². The number of nitrogens with one attached hydrogen (secondary N) is 2. The zero-order valence-electron chi connectivity index (χ0n) is 11.9. The molecule has 1 atom stereocenters. The van der Waals surface area contributed by atoms with Crippen LogP contribution in [0.3, 0.4) is 0 Å². The number of para-hydroxylation sites is 1. The van der Waals surface area contributed by atoms with Crippen LogP contribution in [0.25, 0.3) is 11.0 Å². The van der Waals surface area contributed by atoms with Gasteiger partial charge in [-0.1, -0.05) is 19.1 Å². The first kappa shape index (κ1) is 14.5. The van der Waals surface area contributed by atoms with Gasteiger partial charge < -0.3 is 15.4 Å². The standard InChI is InChI=1S/C15H21N3O2/c1-3-11(9-19)16-14(20)8-7-13-17-12-6-4-5-10(2)15(12)18-13/h4-6,11,19H,3,7-9H2,1-2H3,(H,16,20)(H,17,18). The largest absolute Gasteiger partial charge is 0.394 e. The fourth-order valence-corrected chi connectivity index (χ4v) is 2.15. The van der Waals surface area contributed by atoms with Crippen molar-refractivity contribution in [2.45, 2.75) is 39.2 Å². The van der Waals surface area contributed by atoms with E-state index in [-0.39, 0.29) is 18.6 Å². The number of hydrogen-bond donors (Lipinski definition) is 3. The Labute approximate surface area is 118 Å². The smallest absolute Gasteiger partial charge is 0.220 e. The number of aromatic amines is 1. The number of carbonyl (C=O) groups is 1. The molecule has 1 aromatic heterocycles. The molecule has 2 rings (SSSR count). The fraction of sp³-hybridized carbons (Fsp3) is 0.467. The zero-order chi connectivity index (χ0) is 14.5. The number of imidazole rings is 1. The highest BCUT2D eigenvalue weighted by atomic mass is 16.3. The number of aliphatic hydroxyl groups excluding tert-OH is 1. The van der Waals surface area contributed by atoms with Crippen LogP contribution in [-0.2, 0) is 11.2 Å². The normalized spacial score (nSPS) is 12.6. The van der Waals surface area contributed by atoms with Crippen LogP contribution in [0.5, 0.6) is 0 Å². The molecule has 1 aromatic carbocycles. The van der Waals surface area contributed by atoms with Gasteiger partial charge in [0, 0.05) is 12.8 Å². The molecule has 5 nitrogen and oxygen atoms in total. The number of hydrogen-bond acceptors (Lipinski definition) is 3. The first-order valence-corrected chi connectivity index (χ1v) is 6.98. The second kappa shape index (κ2) is 6.52. The van der Waals surface area contributed by atoms with Gasteiger partial charge in [-0.05, 0) is 25.0 Å². The third-order valence-corrected chi connectivity index (χ3v) is 3.43. The Morgan fingerprint density at radius 2 is 2.30 bits per heavy atom. The van der Waals surface area contributed by atoms with E-state index in [1.165, 1.54) is 0 Å². The molecule has 108 valence electrons. The van der Waals surface area contributed by atoms with Gasteiger partial charge in [0.05, 0.1) is 23.7 Å². The van der Waals surface area contributed by atoms with Gasteiger partial charge in [0.2, 0.25) is 5.91 Å². The number of aryl methyl sites for hydroxylation is 2. The van der Waals surface area contributed by atoms with Crippen LogP contribution in [0.2, 0.25) is 0 Å². The van der Waals surface area contributed by atoms with Crippen LogP contribution < -0.4 is 5.32 Å². The van der Waals surface area contributed by atoms with Crippen LogP contribution in [0.15, 0.2) is 18.2 Å². The molecule has 1 unspecified atom stereocenters. The van der Waals surface area contributed by atoms with Crippen molar-refractivity contribution in [3.63, 3.8) is 0 Å². The molecule has 0 fully saturated rings.